The second kappa shape index (κ2) is 8.79. The van der Waals surface area contributed by atoms with Crippen molar-refractivity contribution < 1.29 is 18.1 Å². The van der Waals surface area contributed by atoms with Crippen molar-refractivity contribution in [3.63, 3.8) is 0 Å². The van der Waals surface area contributed by atoms with Crippen LogP contribution in [0.15, 0.2) is 36.4 Å². The monoisotopic (exact) mass is 439 g/mol. The molecule has 1 N–H and O–H groups in total. The Kier molecular flexibility index (Phi) is 6.86. The number of sulfonamides is 1. The highest BCUT2D eigenvalue weighted by atomic mass is 35.5. The van der Waals surface area contributed by atoms with Crippen LogP contribution in [0.3, 0.4) is 0 Å². The number of carbonyl (C=O) groups is 1. The summed E-state index contributed by atoms with van der Waals surface area (Å²) >= 11 is 6.15. The summed E-state index contributed by atoms with van der Waals surface area (Å²) in [5.41, 5.74) is 1.43. The maximum atomic E-state index is 13.0. The second-order valence-corrected chi connectivity index (χ2v) is 8.88. The Hall–Kier alpha value is -2.65. The first kappa shape index (κ1) is 22.6. The summed E-state index contributed by atoms with van der Waals surface area (Å²) in [7, 11) is -3.82. The zero-order valence-electron chi connectivity index (χ0n) is 16.5. The molecule has 0 saturated heterocycles. The number of nitro benzene ring substituents is 1. The molecule has 0 bridgehead atoms. The number of halogens is 1. The molecule has 1 atom stereocenters. The number of hydrogen-bond donors (Lipinski definition) is 1. The second-order valence-electron chi connectivity index (χ2n) is 6.61. The SMILES string of the molecule is CC[C@H](C(=O)Nc1cccc([N+](=O)[O-])c1C)N(c1ccc(C)c(Cl)c1)S(C)(=O)=O. The van der Waals surface area contributed by atoms with Gasteiger partial charge in [-0.15, -0.1) is 0 Å². The normalized spacial score (nSPS) is 12.3. The standard InChI is InChI=1S/C19H22ClN3O5S/c1-5-17(19(24)21-16-7-6-8-18(13(16)3)23(25)26)22(29(4,27)28)14-10-9-12(2)15(20)11-14/h6-11,17H,5H2,1-4H3,(H,21,24)/t17-/m1/s1. The number of amides is 1. The van der Waals surface area contributed by atoms with Crippen molar-refractivity contribution in [3.8, 4) is 0 Å². The number of nitrogens with one attached hydrogen (secondary N) is 1. The molecule has 0 aliphatic heterocycles. The van der Waals surface area contributed by atoms with Gasteiger partial charge in [0.2, 0.25) is 15.9 Å². The highest BCUT2D eigenvalue weighted by molar-refractivity contribution is 7.92. The smallest absolute Gasteiger partial charge is 0.274 e. The van der Waals surface area contributed by atoms with Crippen LogP contribution in [0.5, 0.6) is 0 Å². The van der Waals surface area contributed by atoms with Gasteiger partial charge in [-0.1, -0.05) is 30.7 Å². The summed E-state index contributed by atoms with van der Waals surface area (Å²) in [5, 5.41) is 14.1. The van der Waals surface area contributed by atoms with Gasteiger partial charge in [0.25, 0.3) is 5.69 Å². The van der Waals surface area contributed by atoms with Crippen molar-refractivity contribution in [3.05, 3.63) is 62.7 Å². The summed E-state index contributed by atoms with van der Waals surface area (Å²) in [4.78, 5) is 23.6. The van der Waals surface area contributed by atoms with E-state index in [1.807, 2.05) is 0 Å². The molecular weight excluding hydrogens is 418 g/mol. The number of hydrogen-bond acceptors (Lipinski definition) is 5. The Labute approximate surface area is 174 Å². The summed E-state index contributed by atoms with van der Waals surface area (Å²) < 4.78 is 26.0. The molecule has 0 heterocycles. The number of rotatable bonds is 7. The molecule has 0 aliphatic rings. The lowest BCUT2D eigenvalue weighted by Gasteiger charge is -2.30. The maximum Gasteiger partial charge on any atom is 0.274 e. The Balaban J connectivity index is 2.45. The van der Waals surface area contributed by atoms with Crippen LogP contribution in [-0.2, 0) is 14.8 Å². The van der Waals surface area contributed by atoms with E-state index in [9.17, 15) is 23.3 Å². The van der Waals surface area contributed by atoms with E-state index in [0.717, 1.165) is 16.1 Å². The minimum Gasteiger partial charge on any atom is -0.324 e. The molecule has 156 valence electrons. The zero-order valence-corrected chi connectivity index (χ0v) is 18.0. The molecule has 2 aromatic rings. The lowest BCUT2D eigenvalue weighted by molar-refractivity contribution is -0.385. The molecular formula is C19H22ClN3O5S. The van der Waals surface area contributed by atoms with E-state index in [0.29, 0.717) is 5.02 Å². The molecule has 2 aromatic carbocycles. The quantitative estimate of drug-likeness (QED) is 0.517. The Morgan fingerprint density at radius 2 is 1.93 bits per heavy atom. The van der Waals surface area contributed by atoms with Crippen molar-refractivity contribution >= 4 is 44.6 Å². The number of benzene rings is 2. The highest BCUT2D eigenvalue weighted by Crippen LogP contribution is 2.29. The maximum absolute atomic E-state index is 13.0. The molecule has 0 aromatic heterocycles. The van der Waals surface area contributed by atoms with Crippen molar-refractivity contribution in [1.82, 2.24) is 0 Å². The van der Waals surface area contributed by atoms with E-state index >= 15 is 0 Å². The first-order chi connectivity index (χ1) is 13.5. The number of anilines is 2. The summed E-state index contributed by atoms with van der Waals surface area (Å²) in [6.45, 7) is 4.98. The zero-order chi connectivity index (χ0) is 21.9. The number of carbonyl (C=O) groups excluding carboxylic acids is 1. The predicted molar refractivity (Wildman–Crippen MR) is 114 cm³/mol. The van der Waals surface area contributed by atoms with Gasteiger partial charge in [-0.05, 0) is 44.0 Å². The molecule has 10 heteroatoms. The Bertz CT molecular complexity index is 1060. The molecule has 0 fully saturated rings. The topological polar surface area (TPSA) is 110 Å². The van der Waals surface area contributed by atoms with Gasteiger partial charge < -0.3 is 5.32 Å². The van der Waals surface area contributed by atoms with E-state index in [-0.39, 0.29) is 29.0 Å². The van der Waals surface area contributed by atoms with Gasteiger partial charge >= 0.3 is 0 Å². The van der Waals surface area contributed by atoms with Crippen LogP contribution in [0.4, 0.5) is 17.1 Å². The molecule has 8 nitrogen and oxygen atoms in total. The summed E-state index contributed by atoms with van der Waals surface area (Å²) in [6, 6.07) is 7.99. The van der Waals surface area contributed by atoms with Crippen LogP contribution in [0, 0.1) is 24.0 Å². The Morgan fingerprint density at radius 3 is 2.45 bits per heavy atom. The first-order valence-electron chi connectivity index (χ1n) is 8.77. The molecule has 29 heavy (non-hydrogen) atoms. The molecule has 0 saturated carbocycles. The van der Waals surface area contributed by atoms with Gasteiger partial charge in [0.15, 0.2) is 0 Å². The highest BCUT2D eigenvalue weighted by Gasteiger charge is 2.32. The third-order valence-electron chi connectivity index (χ3n) is 4.50. The van der Waals surface area contributed by atoms with E-state index in [2.05, 4.69) is 5.32 Å². The van der Waals surface area contributed by atoms with Crippen molar-refractivity contribution in [2.75, 3.05) is 15.9 Å². The average Bonchev–Trinajstić information content (AvgIpc) is 2.62. The molecule has 2 rings (SSSR count). The van der Waals surface area contributed by atoms with Crippen LogP contribution in [0.1, 0.15) is 24.5 Å². The minimum atomic E-state index is -3.82. The van der Waals surface area contributed by atoms with Crippen LogP contribution in [0.25, 0.3) is 0 Å². The van der Waals surface area contributed by atoms with E-state index in [1.54, 1.807) is 26.0 Å². The number of nitro groups is 1. The fraction of sp³-hybridized carbons (Fsp3) is 0.316. The third-order valence-corrected chi connectivity index (χ3v) is 6.09. The van der Waals surface area contributed by atoms with Gasteiger partial charge in [-0.2, -0.15) is 0 Å². The van der Waals surface area contributed by atoms with Gasteiger partial charge in [-0.25, -0.2) is 8.42 Å². The largest absolute Gasteiger partial charge is 0.324 e. The molecule has 0 unspecified atom stereocenters. The number of aryl methyl sites for hydroxylation is 1. The van der Waals surface area contributed by atoms with Gasteiger partial charge in [0.05, 0.1) is 28.1 Å². The first-order valence-corrected chi connectivity index (χ1v) is 11.0. The van der Waals surface area contributed by atoms with Crippen LogP contribution in [0.2, 0.25) is 5.02 Å². The van der Waals surface area contributed by atoms with Crippen LogP contribution >= 0.6 is 11.6 Å². The van der Waals surface area contributed by atoms with Gasteiger partial charge in [0, 0.05) is 11.1 Å². The van der Waals surface area contributed by atoms with Gasteiger partial charge in [-0.3, -0.25) is 19.2 Å². The van der Waals surface area contributed by atoms with Gasteiger partial charge in [0.1, 0.15) is 6.04 Å². The fourth-order valence-electron chi connectivity index (χ4n) is 2.95. The lowest BCUT2D eigenvalue weighted by Crippen LogP contribution is -2.47. The molecule has 1 amide bonds. The lowest BCUT2D eigenvalue weighted by atomic mass is 10.1. The van der Waals surface area contributed by atoms with E-state index < -0.39 is 26.9 Å². The Morgan fingerprint density at radius 1 is 1.28 bits per heavy atom. The van der Waals surface area contributed by atoms with Crippen molar-refractivity contribution in [1.29, 1.82) is 0 Å². The van der Waals surface area contributed by atoms with E-state index in [4.69, 9.17) is 11.6 Å². The van der Waals surface area contributed by atoms with E-state index in [1.165, 1.54) is 31.2 Å². The molecule has 0 spiro atoms. The summed E-state index contributed by atoms with van der Waals surface area (Å²) in [5.74, 6) is -0.599. The third kappa shape index (κ3) is 5.04. The molecule has 0 aliphatic carbocycles. The van der Waals surface area contributed by atoms with Crippen molar-refractivity contribution in [2.45, 2.75) is 33.2 Å². The van der Waals surface area contributed by atoms with Crippen LogP contribution in [-0.4, -0.2) is 31.5 Å². The number of nitrogens with zero attached hydrogens (tertiary/aromatic N) is 2. The average molecular weight is 440 g/mol. The van der Waals surface area contributed by atoms with Crippen molar-refractivity contribution in [2.24, 2.45) is 0 Å². The molecule has 0 radical (unpaired) electrons. The predicted octanol–water partition coefficient (Wildman–Crippen LogP) is 4.05. The minimum absolute atomic E-state index is 0.138. The summed E-state index contributed by atoms with van der Waals surface area (Å²) in [6.07, 6.45) is 1.19. The fourth-order valence-corrected chi connectivity index (χ4v) is 4.33. The van der Waals surface area contributed by atoms with Crippen LogP contribution < -0.4 is 9.62 Å².